The number of hydrogen-bond acceptors (Lipinski definition) is 2. The normalized spacial score (nSPS) is 20.9. The van der Waals surface area contributed by atoms with Crippen LogP contribution in [0, 0.1) is 5.92 Å². The number of methoxy groups -OCH3 is 1. The molecule has 3 nitrogen and oxygen atoms in total. The minimum Gasteiger partial charge on any atom is -0.497 e. The molecular weight excluding hydrogens is 370 g/mol. The Morgan fingerprint density at radius 1 is 0.933 bits per heavy atom. The Morgan fingerprint density at radius 2 is 1.60 bits per heavy atom. The van der Waals surface area contributed by atoms with E-state index in [-0.39, 0.29) is 5.91 Å². The van der Waals surface area contributed by atoms with E-state index in [2.05, 4.69) is 53.8 Å². The number of ether oxygens (including phenoxy) is 1. The van der Waals surface area contributed by atoms with Crippen LogP contribution in [0.5, 0.6) is 5.75 Å². The standard InChI is InChI=1S/C27H27NO2/c1-30-20-8-6-7-18(15-20)13-14-26(29)28-17-19-16-25-21-9-2-4-11-23(21)27(19)24-12-5-3-10-22(24)25/h2-12,15,19,25,27H,13-14,16-17H2,1H3,(H,28,29). The molecule has 3 aromatic rings. The summed E-state index contributed by atoms with van der Waals surface area (Å²) in [7, 11) is 1.67. The lowest BCUT2D eigenvalue weighted by molar-refractivity contribution is -0.121. The summed E-state index contributed by atoms with van der Waals surface area (Å²) >= 11 is 0. The Morgan fingerprint density at radius 3 is 2.27 bits per heavy atom. The summed E-state index contributed by atoms with van der Waals surface area (Å²) in [5, 5.41) is 3.23. The maximum atomic E-state index is 12.6. The molecule has 1 N–H and O–H groups in total. The van der Waals surface area contributed by atoms with Crippen molar-refractivity contribution in [3.63, 3.8) is 0 Å². The van der Waals surface area contributed by atoms with Crippen LogP contribution in [0.3, 0.4) is 0 Å². The van der Waals surface area contributed by atoms with Crippen molar-refractivity contribution in [1.82, 2.24) is 5.32 Å². The molecule has 3 aliphatic carbocycles. The summed E-state index contributed by atoms with van der Waals surface area (Å²) in [5.41, 5.74) is 6.97. The van der Waals surface area contributed by atoms with Crippen molar-refractivity contribution in [1.29, 1.82) is 0 Å². The molecule has 1 atom stereocenters. The molecule has 0 radical (unpaired) electrons. The minimum atomic E-state index is 0.126. The highest BCUT2D eigenvalue weighted by atomic mass is 16.5. The number of aryl methyl sites for hydroxylation is 1. The lowest BCUT2D eigenvalue weighted by atomic mass is 9.59. The highest BCUT2D eigenvalue weighted by molar-refractivity contribution is 5.76. The van der Waals surface area contributed by atoms with E-state index in [1.165, 1.54) is 22.3 Å². The first-order valence-corrected chi connectivity index (χ1v) is 10.8. The zero-order valence-corrected chi connectivity index (χ0v) is 17.3. The van der Waals surface area contributed by atoms with Crippen LogP contribution in [0.1, 0.15) is 52.5 Å². The predicted octanol–water partition coefficient (Wildman–Crippen LogP) is 5.04. The third kappa shape index (κ3) is 3.39. The van der Waals surface area contributed by atoms with Crippen molar-refractivity contribution < 1.29 is 9.53 Å². The number of benzene rings is 3. The lowest BCUT2D eigenvalue weighted by Crippen LogP contribution is -2.39. The monoisotopic (exact) mass is 397 g/mol. The molecule has 0 aromatic heterocycles. The highest BCUT2D eigenvalue weighted by Gasteiger charge is 2.42. The zero-order chi connectivity index (χ0) is 20.5. The second-order valence-electron chi connectivity index (χ2n) is 8.44. The van der Waals surface area contributed by atoms with E-state index in [1.807, 2.05) is 24.3 Å². The first-order valence-electron chi connectivity index (χ1n) is 10.8. The summed E-state index contributed by atoms with van der Waals surface area (Å²) in [4.78, 5) is 12.6. The average Bonchev–Trinajstić information content (AvgIpc) is 2.81. The van der Waals surface area contributed by atoms with Gasteiger partial charge in [0.2, 0.25) is 5.91 Å². The number of fused-ring (bicyclic) bond motifs is 1. The number of hydrogen-bond donors (Lipinski definition) is 1. The van der Waals surface area contributed by atoms with Crippen molar-refractivity contribution in [2.45, 2.75) is 31.1 Å². The van der Waals surface area contributed by atoms with Gasteiger partial charge in [-0.1, -0.05) is 60.7 Å². The van der Waals surface area contributed by atoms with Gasteiger partial charge in [-0.3, -0.25) is 4.79 Å². The molecular formula is C27H27NO2. The molecule has 3 aromatic carbocycles. The van der Waals surface area contributed by atoms with Gasteiger partial charge >= 0.3 is 0 Å². The number of carbonyl (C=O) groups is 1. The van der Waals surface area contributed by atoms with Crippen LogP contribution >= 0.6 is 0 Å². The second-order valence-corrected chi connectivity index (χ2v) is 8.44. The van der Waals surface area contributed by atoms with E-state index in [0.717, 1.165) is 30.7 Å². The van der Waals surface area contributed by atoms with Gasteiger partial charge in [0, 0.05) is 24.8 Å². The van der Waals surface area contributed by atoms with Crippen LogP contribution in [0.4, 0.5) is 0 Å². The third-order valence-electron chi connectivity index (χ3n) is 6.76. The molecule has 0 aliphatic heterocycles. The van der Waals surface area contributed by atoms with E-state index in [0.29, 0.717) is 24.2 Å². The first-order chi connectivity index (χ1) is 14.7. The molecule has 0 spiro atoms. The zero-order valence-electron chi connectivity index (χ0n) is 17.3. The summed E-state index contributed by atoms with van der Waals surface area (Å²) in [6.45, 7) is 0.737. The SMILES string of the molecule is COc1cccc(CCC(=O)NCC2CC3c4ccccc4C2c2ccccc23)c1. The summed E-state index contributed by atoms with van der Waals surface area (Å²) in [6.07, 6.45) is 2.33. The van der Waals surface area contributed by atoms with Gasteiger partial charge < -0.3 is 10.1 Å². The van der Waals surface area contributed by atoms with Crippen LogP contribution in [0.2, 0.25) is 0 Å². The van der Waals surface area contributed by atoms with Crippen LogP contribution in [0.25, 0.3) is 0 Å². The molecule has 152 valence electrons. The smallest absolute Gasteiger partial charge is 0.220 e. The molecule has 3 heteroatoms. The molecule has 6 rings (SSSR count). The summed E-state index contributed by atoms with van der Waals surface area (Å²) < 4.78 is 5.27. The molecule has 0 fully saturated rings. The van der Waals surface area contributed by atoms with E-state index in [1.54, 1.807) is 7.11 Å². The molecule has 30 heavy (non-hydrogen) atoms. The Hall–Kier alpha value is -3.07. The van der Waals surface area contributed by atoms with Gasteiger partial charge in [0.05, 0.1) is 7.11 Å². The molecule has 3 aliphatic rings. The molecule has 1 unspecified atom stereocenters. The van der Waals surface area contributed by atoms with Crippen LogP contribution in [-0.2, 0) is 11.2 Å². The predicted molar refractivity (Wildman–Crippen MR) is 119 cm³/mol. The van der Waals surface area contributed by atoms with Crippen molar-refractivity contribution in [3.8, 4) is 5.75 Å². The maximum absolute atomic E-state index is 12.6. The molecule has 2 bridgehead atoms. The van der Waals surface area contributed by atoms with Crippen molar-refractivity contribution in [2.75, 3.05) is 13.7 Å². The maximum Gasteiger partial charge on any atom is 0.220 e. The van der Waals surface area contributed by atoms with Gasteiger partial charge in [-0.05, 0) is 58.7 Å². The number of carbonyl (C=O) groups excluding carboxylic acids is 1. The van der Waals surface area contributed by atoms with E-state index >= 15 is 0 Å². The van der Waals surface area contributed by atoms with Crippen molar-refractivity contribution in [2.24, 2.45) is 5.92 Å². The Balaban J connectivity index is 1.27. The Kier molecular flexibility index (Phi) is 5.04. The third-order valence-corrected chi connectivity index (χ3v) is 6.76. The topological polar surface area (TPSA) is 38.3 Å². The lowest BCUT2D eigenvalue weighted by Gasteiger charge is -2.45. The fourth-order valence-electron chi connectivity index (χ4n) is 5.38. The van der Waals surface area contributed by atoms with Crippen LogP contribution < -0.4 is 10.1 Å². The summed E-state index contributed by atoms with van der Waals surface area (Å²) in [6, 6.07) is 25.7. The average molecular weight is 398 g/mol. The van der Waals surface area contributed by atoms with E-state index in [9.17, 15) is 4.79 Å². The number of nitrogens with one attached hydrogen (secondary N) is 1. The van der Waals surface area contributed by atoms with Gasteiger partial charge in [-0.25, -0.2) is 0 Å². The Bertz CT molecular complexity index is 1030. The quantitative estimate of drug-likeness (QED) is 0.633. The van der Waals surface area contributed by atoms with Gasteiger partial charge in [0.15, 0.2) is 0 Å². The fourth-order valence-corrected chi connectivity index (χ4v) is 5.38. The Labute approximate surface area is 178 Å². The van der Waals surface area contributed by atoms with Crippen LogP contribution in [0.15, 0.2) is 72.8 Å². The van der Waals surface area contributed by atoms with Crippen LogP contribution in [-0.4, -0.2) is 19.6 Å². The van der Waals surface area contributed by atoms with E-state index < -0.39 is 0 Å². The van der Waals surface area contributed by atoms with E-state index in [4.69, 9.17) is 4.74 Å². The second kappa shape index (κ2) is 7.98. The van der Waals surface area contributed by atoms with Gasteiger partial charge in [-0.2, -0.15) is 0 Å². The summed E-state index contributed by atoms with van der Waals surface area (Å²) in [5.74, 6) is 2.23. The van der Waals surface area contributed by atoms with Gasteiger partial charge in [0.25, 0.3) is 0 Å². The molecule has 0 saturated carbocycles. The largest absolute Gasteiger partial charge is 0.497 e. The van der Waals surface area contributed by atoms with Crippen molar-refractivity contribution in [3.05, 3.63) is 101 Å². The first kappa shape index (κ1) is 18.9. The number of amides is 1. The molecule has 0 saturated heterocycles. The highest BCUT2D eigenvalue weighted by Crippen LogP contribution is 2.55. The van der Waals surface area contributed by atoms with Crippen molar-refractivity contribution >= 4 is 5.91 Å². The minimum absolute atomic E-state index is 0.126. The molecule has 0 heterocycles. The molecule has 1 amide bonds. The van der Waals surface area contributed by atoms with Gasteiger partial charge in [0.1, 0.15) is 5.75 Å². The van der Waals surface area contributed by atoms with Gasteiger partial charge in [-0.15, -0.1) is 0 Å². The number of rotatable bonds is 6. The fraction of sp³-hybridized carbons (Fsp3) is 0.296.